The fourth-order valence-electron chi connectivity index (χ4n) is 3.12. The number of anilines is 1. The molecule has 0 N–H and O–H groups in total. The van der Waals surface area contributed by atoms with Gasteiger partial charge in [-0.3, -0.25) is 14.2 Å². The van der Waals surface area contributed by atoms with Crippen LogP contribution in [0.4, 0.5) is 5.69 Å². The van der Waals surface area contributed by atoms with Crippen LogP contribution in [0.15, 0.2) is 77.8 Å². The molecule has 0 saturated heterocycles. The van der Waals surface area contributed by atoms with Gasteiger partial charge in [0.1, 0.15) is 0 Å². The number of aldehydes is 1. The van der Waals surface area contributed by atoms with Crippen LogP contribution in [0, 0.1) is 20.8 Å². The number of nitrogens with zero attached hydrogens (tertiary/aromatic N) is 2. The first-order valence-electron chi connectivity index (χ1n) is 9.28. The van der Waals surface area contributed by atoms with E-state index in [9.17, 15) is 18.0 Å². The highest BCUT2D eigenvalue weighted by Gasteiger charge is 2.25. The van der Waals surface area contributed by atoms with E-state index >= 15 is 0 Å². The predicted molar refractivity (Wildman–Crippen MR) is 116 cm³/mol. The highest BCUT2D eigenvalue weighted by Crippen LogP contribution is 2.27. The molecule has 0 fully saturated rings. The third kappa shape index (κ3) is 4.11. The summed E-state index contributed by atoms with van der Waals surface area (Å²) in [6, 6.07) is 16.3. The molecule has 1 aromatic heterocycles. The van der Waals surface area contributed by atoms with E-state index in [1.807, 2.05) is 19.1 Å². The van der Waals surface area contributed by atoms with E-state index in [0.717, 1.165) is 21.3 Å². The molecule has 7 heteroatoms. The van der Waals surface area contributed by atoms with Gasteiger partial charge in [-0.25, -0.2) is 12.7 Å². The normalized spacial score (nSPS) is 11.6. The van der Waals surface area contributed by atoms with Crippen LogP contribution in [0.3, 0.4) is 0 Å². The van der Waals surface area contributed by atoms with Crippen molar-refractivity contribution in [3.63, 3.8) is 0 Å². The summed E-state index contributed by atoms with van der Waals surface area (Å²) < 4.78 is 29.2. The highest BCUT2D eigenvalue weighted by molar-refractivity contribution is 7.93. The number of aromatic nitrogens is 1. The number of allylic oxidation sites excluding steroid dienone is 1. The topological polar surface area (TPSA) is 76.5 Å². The second-order valence-corrected chi connectivity index (χ2v) is 8.71. The molecule has 0 saturated carbocycles. The summed E-state index contributed by atoms with van der Waals surface area (Å²) in [4.78, 5) is 24.3. The molecule has 0 atom stereocenters. The lowest BCUT2D eigenvalue weighted by Crippen LogP contribution is -2.27. The lowest BCUT2D eigenvalue weighted by Gasteiger charge is -2.22. The summed E-state index contributed by atoms with van der Waals surface area (Å²) >= 11 is 0. The molecule has 0 spiro atoms. The van der Waals surface area contributed by atoms with Crippen LogP contribution in [0.2, 0.25) is 0 Å². The van der Waals surface area contributed by atoms with Crippen LogP contribution >= 0.6 is 0 Å². The molecule has 0 amide bonds. The number of carbonyl (C=O) groups is 2. The first kappa shape index (κ1) is 21.3. The van der Waals surface area contributed by atoms with Gasteiger partial charge in [0.05, 0.1) is 10.6 Å². The number of aryl methyl sites for hydroxylation is 3. The maximum absolute atomic E-state index is 13.4. The Bertz CT molecular complexity index is 1200. The van der Waals surface area contributed by atoms with E-state index in [-0.39, 0.29) is 22.1 Å². The summed E-state index contributed by atoms with van der Waals surface area (Å²) in [5.74, 6) is -0.386. The minimum atomic E-state index is -4.06. The van der Waals surface area contributed by atoms with Gasteiger partial charge in [-0.05, 0) is 57.2 Å². The smallest absolute Gasteiger partial charge is 0.268 e. The Morgan fingerprint density at radius 3 is 2.10 bits per heavy atom. The third-order valence-electron chi connectivity index (χ3n) is 4.72. The van der Waals surface area contributed by atoms with Crippen molar-refractivity contribution in [1.29, 1.82) is 0 Å². The number of para-hydroxylation sites is 1. The Hall–Kier alpha value is -3.45. The lowest BCUT2D eigenvalue weighted by atomic mass is 10.2. The van der Waals surface area contributed by atoms with Gasteiger partial charge >= 0.3 is 0 Å². The molecule has 3 aromatic rings. The molecular weight excluding hydrogens is 400 g/mol. The molecule has 0 radical (unpaired) electrons. The molecular formula is C23H22N2O4S. The van der Waals surface area contributed by atoms with Crippen LogP contribution < -0.4 is 4.31 Å². The average Bonchev–Trinajstić information content (AvgIpc) is 3.06. The molecule has 6 nitrogen and oxygen atoms in total. The fourth-order valence-corrected chi connectivity index (χ4v) is 4.48. The molecule has 154 valence electrons. The highest BCUT2D eigenvalue weighted by atomic mass is 32.2. The number of hydrogen-bond donors (Lipinski definition) is 0. The van der Waals surface area contributed by atoms with Crippen molar-refractivity contribution in [2.24, 2.45) is 0 Å². The van der Waals surface area contributed by atoms with Crippen LogP contribution in [0.1, 0.15) is 32.1 Å². The first-order valence-corrected chi connectivity index (χ1v) is 10.7. The van der Waals surface area contributed by atoms with Crippen molar-refractivity contribution in [2.45, 2.75) is 25.7 Å². The van der Waals surface area contributed by atoms with Gasteiger partial charge in [-0.15, -0.1) is 0 Å². The van der Waals surface area contributed by atoms with Crippen molar-refractivity contribution in [3.05, 3.63) is 95.5 Å². The number of hydrogen-bond acceptors (Lipinski definition) is 4. The molecule has 0 bridgehead atoms. The van der Waals surface area contributed by atoms with E-state index in [1.54, 1.807) is 38.1 Å². The van der Waals surface area contributed by atoms with Crippen LogP contribution in [0.25, 0.3) is 0 Å². The molecule has 2 aromatic carbocycles. The molecule has 0 aliphatic heterocycles. The summed E-state index contributed by atoms with van der Waals surface area (Å²) in [5.41, 5.74) is 2.75. The largest absolute Gasteiger partial charge is 0.298 e. The minimum absolute atomic E-state index is 0.0548. The van der Waals surface area contributed by atoms with Gasteiger partial charge in [-0.2, -0.15) is 0 Å². The van der Waals surface area contributed by atoms with E-state index in [1.165, 1.54) is 41.1 Å². The van der Waals surface area contributed by atoms with E-state index in [2.05, 4.69) is 0 Å². The van der Waals surface area contributed by atoms with E-state index < -0.39 is 10.0 Å². The monoisotopic (exact) mass is 422 g/mol. The summed E-state index contributed by atoms with van der Waals surface area (Å²) in [6.45, 7) is 5.44. The van der Waals surface area contributed by atoms with Gasteiger partial charge in [0.25, 0.3) is 15.9 Å². The number of carbonyl (C=O) groups excluding carboxylic acids is 2. The summed E-state index contributed by atoms with van der Waals surface area (Å²) in [5, 5.41) is 0. The molecule has 0 unspecified atom stereocenters. The molecule has 0 aliphatic carbocycles. The Labute approximate surface area is 176 Å². The van der Waals surface area contributed by atoms with Gasteiger partial charge < -0.3 is 0 Å². The zero-order valence-corrected chi connectivity index (χ0v) is 17.8. The van der Waals surface area contributed by atoms with Crippen molar-refractivity contribution < 1.29 is 18.0 Å². The van der Waals surface area contributed by atoms with E-state index in [4.69, 9.17) is 0 Å². The minimum Gasteiger partial charge on any atom is -0.298 e. The van der Waals surface area contributed by atoms with E-state index in [0.29, 0.717) is 6.29 Å². The number of sulfonamides is 1. The SMILES string of the molecule is Cc1ccc(S(=O)(=O)N(/C=C/C(=O)n2c(C)ccc2C)c2ccccc2C=O)cc1. The second kappa shape index (κ2) is 8.51. The van der Waals surface area contributed by atoms with Gasteiger partial charge in [0, 0.05) is 29.2 Å². The molecule has 0 aliphatic rings. The van der Waals surface area contributed by atoms with Gasteiger partial charge in [0.15, 0.2) is 6.29 Å². The Morgan fingerprint density at radius 1 is 0.900 bits per heavy atom. The number of benzene rings is 2. The Balaban J connectivity index is 2.12. The maximum Gasteiger partial charge on any atom is 0.268 e. The third-order valence-corrected chi connectivity index (χ3v) is 6.43. The summed E-state index contributed by atoms with van der Waals surface area (Å²) in [6.07, 6.45) is 2.97. The lowest BCUT2D eigenvalue weighted by molar-refractivity contribution is 0.0965. The van der Waals surface area contributed by atoms with Gasteiger partial charge in [-0.1, -0.05) is 29.8 Å². The molecule has 1 heterocycles. The Morgan fingerprint density at radius 2 is 1.50 bits per heavy atom. The fraction of sp³-hybridized carbons (Fsp3) is 0.130. The van der Waals surface area contributed by atoms with Gasteiger partial charge in [0.2, 0.25) is 0 Å². The zero-order valence-electron chi connectivity index (χ0n) is 16.9. The van der Waals surface area contributed by atoms with Crippen molar-refractivity contribution in [1.82, 2.24) is 4.57 Å². The summed E-state index contributed by atoms with van der Waals surface area (Å²) in [7, 11) is -4.06. The van der Waals surface area contributed by atoms with Crippen LogP contribution in [-0.4, -0.2) is 25.2 Å². The standard InChI is InChI=1S/C23H22N2O4S/c1-17-8-12-21(13-9-17)30(28,29)24(22-7-5-4-6-20(22)16-26)15-14-23(27)25-18(2)10-11-19(25)3/h4-16H,1-3H3/b15-14+. The quantitative estimate of drug-likeness (QED) is 0.439. The predicted octanol–water partition coefficient (Wildman–Crippen LogP) is 4.28. The molecule has 3 rings (SSSR count). The van der Waals surface area contributed by atoms with Crippen LogP contribution in [-0.2, 0) is 10.0 Å². The second-order valence-electron chi connectivity index (χ2n) is 6.90. The van der Waals surface area contributed by atoms with Crippen LogP contribution in [0.5, 0.6) is 0 Å². The van der Waals surface area contributed by atoms with Crippen molar-refractivity contribution in [3.8, 4) is 0 Å². The maximum atomic E-state index is 13.4. The van der Waals surface area contributed by atoms with Crippen molar-refractivity contribution >= 4 is 27.9 Å². The zero-order chi connectivity index (χ0) is 21.9. The van der Waals surface area contributed by atoms with Crippen molar-refractivity contribution in [2.75, 3.05) is 4.31 Å². The molecule has 30 heavy (non-hydrogen) atoms. The number of rotatable bonds is 6. The first-order chi connectivity index (χ1) is 14.3. The average molecular weight is 423 g/mol. The Kier molecular flexibility index (Phi) is 6.03.